The first kappa shape index (κ1) is 30.7. The van der Waals surface area contributed by atoms with Gasteiger partial charge < -0.3 is 9.84 Å². The van der Waals surface area contributed by atoms with Crippen molar-refractivity contribution < 1.29 is 19.4 Å². The third-order valence-corrected chi connectivity index (χ3v) is 7.05. The summed E-state index contributed by atoms with van der Waals surface area (Å²) in [5.74, 6) is 5.97. The maximum absolute atomic E-state index is 13.3. The van der Waals surface area contributed by atoms with E-state index in [2.05, 4.69) is 42.9 Å². The summed E-state index contributed by atoms with van der Waals surface area (Å²) in [5, 5.41) is 12.0. The lowest BCUT2D eigenvalue weighted by Gasteiger charge is -2.24. The molecule has 2 heterocycles. The van der Waals surface area contributed by atoms with E-state index in [1.807, 2.05) is 33.0 Å². The number of nitrogens with zero attached hydrogens (tertiary/aromatic N) is 4. The Hall–Kier alpha value is -3.86. The number of pyridine rings is 1. The van der Waals surface area contributed by atoms with Crippen molar-refractivity contribution in [3.8, 4) is 17.7 Å². The fourth-order valence-corrected chi connectivity index (χ4v) is 4.88. The lowest BCUT2D eigenvalue weighted by Crippen LogP contribution is -2.26. The van der Waals surface area contributed by atoms with Crippen molar-refractivity contribution in [2.75, 3.05) is 4.90 Å². The number of carbonyl (C=O) groups is 2. The van der Waals surface area contributed by atoms with E-state index in [-0.39, 0.29) is 12.0 Å². The fraction of sp³-hybridized carbons (Fsp3) is 0.500. The van der Waals surface area contributed by atoms with Crippen LogP contribution in [0.25, 0.3) is 11.0 Å². The second-order valence-electron chi connectivity index (χ2n) is 10.1. The van der Waals surface area contributed by atoms with Gasteiger partial charge in [0.2, 0.25) is 0 Å². The Labute approximate surface area is 237 Å². The van der Waals surface area contributed by atoms with Gasteiger partial charge in [0.15, 0.2) is 5.52 Å². The van der Waals surface area contributed by atoms with Gasteiger partial charge in [0.25, 0.3) is 11.8 Å². The molecule has 8 heteroatoms. The zero-order chi connectivity index (χ0) is 29.4. The summed E-state index contributed by atoms with van der Waals surface area (Å²) >= 11 is 0. The van der Waals surface area contributed by atoms with Crippen molar-refractivity contribution in [3.63, 3.8) is 0 Å². The minimum absolute atomic E-state index is 0.169. The van der Waals surface area contributed by atoms with E-state index in [0.29, 0.717) is 23.1 Å². The van der Waals surface area contributed by atoms with Gasteiger partial charge in [0, 0.05) is 14.0 Å². The summed E-state index contributed by atoms with van der Waals surface area (Å²) in [6, 6.07) is 8.18. The highest BCUT2D eigenvalue weighted by atomic mass is 16.5. The van der Waals surface area contributed by atoms with Crippen LogP contribution in [0.1, 0.15) is 95.2 Å². The normalized spacial score (nSPS) is 14.6. The Bertz CT molecular complexity index is 1400. The van der Waals surface area contributed by atoms with Crippen LogP contribution in [0.4, 0.5) is 11.5 Å². The summed E-state index contributed by atoms with van der Waals surface area (Å²) in [7, 11) is 1.90. The molecular weight excluding hydrogens is 504 g/mol. The molecule has 0 unspecified atom stereocenters. The standard InChI is InChI=1S/C28H32N4O2.C2H4O2.C2H6/c1-5-9-26(33)32(24-17-19(3)18(2)16-22(24)20-12-13-20)25-15-14-23-27(29-25)28(30-31(23)4)34-21-10-7-6-8-11-21;1-2(3)4;1-2/h14-17,20-21H,6-8,10-13H2,1-4H3;1H3,(H,3,4);1-2H3. The molecule has 0 saturated heterocycles. The first-order valence-electron chi connectivity index (χ1n) is 14.3. The highest BCUT2D eigenvalue weighted by Gasteiger charge is 2.31. The van der Waals surface area contributed by atoms with Gasteiger partial charge in [-0.15, -0.1) is 5.10 Å². The van der Waals surface area contributed by atoms with E-state index < -0.39 is 5.97 Å². The minimum Gasteiger partial charge on any atom is -0.481 e. The predicted molar refractivity (Wildman–Crippen MR) is 159 cm³/mol. The fourth-order valence-electron chi connectivity index (χ4n) is 4.88. The quantitative estimate of drug-likeness (QED) is 0.347. The molecule has 2 aromatic heterocycles. The Morgan fingerprint density at radius 1 is 1.05 bits per heavy atom. The number of amides is 1. The number of ether oxygens (including phenoxy) is 1. The number of anilines is 2. The van der Waals surface area contributed by atoms with Gasteiger partial charge in [0.1, 0.15) is 11.9 Å². The molecule has 0 aliphatic heterocycles. The smallest absolute Gasteiger partial charge is 0.308 e. The summed E-state index contributed by atoms with van der Waals surface area (Å²) in [6.45, 7) is 11.0. The molecule has 8 nitrogen and oxygen atoms in total. The van der Waals surface area contributed by atoms with Crippen LogP contribution in [-0.4, -0.2) is 37.9 Å². The minimum atomic E-state index is -0.833. The summed E-state index contributed by atoms with van der Waals surface area (Å²) in [6.07, 6.45) is 8.17. The number of fused-ring (bicyclic) bond motifs is 1. The zero-order valence-electron chi connectivity index (χ0n) is 24.9. The van der Waals surface area contributed by atoms with Crippen LogP contribution in [0.3, 0.4) is 0 Å². The molecule has 2 saturated carbocycles. The van der Waals surface area contributed by atoms with Crippen molar-refractivity contribution >= 4 is 34.4 Å². The van der Waals surface area contributed by atoms with Crippen LogP contribution < -0.4 is 9.64 Å². The second kappa shape index (κ2) is 14.0. The van der Waals surface area contributed by atoms with Crippen molar-refractivity contribution in [3.05, 3.63) is 41.0 Å². The SMILES string of the molecule is CC.CC#CC(=O)N(c1ccc2c(n1)c(OC1CCCCC1)nn2C)c1cc(C)c(C)cc1C1CC1.CC(=O)O. The molecule has 2 aliphatic rings. The molecule has 1 N–H and O–H groups in total. The highest BCUT2D eigenvalue weighted by Crippen LogP contribution is 2.46. The van der Waals surface area contributed by atoms with Crippen molar-refractivity contribution in [1.82, 2.24) is 14.8 Å². The van der Waals surface area contributed by atoms with E-state index in [9.17, 15) is 4.79 Å². The van der Waals surface area contributed by atoms with Gasteiger partial charge in [-0.3, -0.25) is 19.2 Å². The summed E-state index contributed by atoms with van der Waals surface area (Å²) in [4.78, 5) is 29.0. The van der Waals surface area contributed by atoms with Crippen LogP contribution in [0.5, 0.6) is 5.88 Å². The van der Waals surface area contributed by atoms with E-state index >= 15 is 0 Å². The number of benzene rings is 1. The first-order valence-corrected chi connectivity index (χ1v) is 14.3. The lowest BCUT2D eigenvalue weighted by atomic mass is 9.98. The molecule has 3 aromatic rings. The lowest BCUT2D eigenvalue weighted by molar-refractivity contribution is -0.134. The van der Waals surface area contributed by atoms with Crippen molar-refractivity contribution in [2.45, 2.75) is 98.5 Å². The van der Waals surface area contributed by atoms with Gasteiger partial charge in [-0.05, 0) is 106 Å². The number of hydrogen-bond donors (Lipinski definition) is 1. The van der Waals surface area contributed by atoms with Gasteiger partial charge in [0.05, 0.1) is 11.2 Å². The van der Waals surface area contributed by atoms with Crippen LogP contribution in [0.2, 0.25) is 0 Å². The summed E-state index contributed by atoms with van der Waals surface area (Å²) in [5.41, 5.74) is 6.02. The van der Waals surface area contributed by atoms with Crippen LogP contribution in [0.15, 0.2) is 24.3 Å². The first-order chi connectivity index (χ1) is 19.2. The molecule has 1 aromatic carbocycles. The number of carbonyl (C=O) groups excluding carboxylic acids is 1. The Balaban J connectivity index is 0.000000677. The monoisotopic (exact) mass is 546 g/mol. The summed E-state index contributed by atoms with van der Waals surface area (Å²) < 4.78 is 8.12. The largest absolute Gasteiger partial charge is 0.481 e. The third-order valence-electron chi connectivity index (χ3n) is 7.05. The van der Waals surface area contributed by atoms with E-state index in [1.54, 1.807) is 16.5 Å². The maximum atomic E-state index is 13.3. The van der Waals surface area contributed by atoms with Crippen LogP contribution >= 0.6 is 0 Å². The molecule has 0 radical (unpaired) electrons. The number of aliphatic carboxylic acids is 1. The Morgan fingerprint density at radius 3 is 2.27 bits per heavy atom. The molecule has 0 bridgehead atoms. The molecule has 2 fully saturated rings. The Kier molecular flexibility index (Phi) is 10.7. The number of carboxylic acids is 1. The Morgan fingerprint density at radius 2 is 1.68 bits per heavy atom. The van der Waals surface area contributed by atoms with Gasteiger partial charge >= 0.3 is 5.91 Å². The highest BCUT2D eigenvalue weighted by molar-refractivity contribution is 6.11. The van der Waals surface area contributed by atoms with Gasteiger partial charge in [-0.2, -0.15) is 0 Å². The molecule has 2 aliphatic carbocycles. The van der Waals surface area contributed by atoms with E-state index in [0.717, 1.165) is 49.4 Å². The van der Waals surface area contributed by atoms with E-state index in [1.165, 1.54) is 30.4 Å². The molecule has 40 heavy (non-hydrogen) atoms. The molecule has 0 atom stereocenters. The second-order valence-corrected chi connectivity index (χ2v) is 10.1. The molecule has 0 spiro atoms. The average Bonchev–Trinajstić information content (AvgIpc) is 3.73. The van der Waals surface area contributed by atoms with E-state index in [4.69, 9.17) is 19.6 Å². The maximum Gasteiger partial charge on any atom is 0.308 e. The van der Waals surface area contributed by atoms with Crippen molar-refractivity contribution in [2.24, 2.45) is 7.05 Å². The molecule has 5 rings (SSSR count). The van der Waals surface area contributed by atoms with Gasteiger partial charge in [-0.1, -0.05) is 32.3 Å². The molecule has 1 amide bonds. The van der Waals surface area contributed by atoms with Crippen LogP contribution in [-0.2, 0) is 16.6 Å². The number of hydrogen-bond acceptors (Lipinski definition) is 5. The average molecular weight is 547 g/mol. The topological polar surface area (TPSA) is 97.6 Å². The number of carboxylic acid groups (broad SMARTS) is 1. The molecule has 214 valence electrons. The third kappa shape index (κ3) is 7.41. The number of aromatic nitrogens is 3. The van der Waals surface area contributed by atoms with Crippen LogP contribution in [0, 0.1) is 25.7 Å². The number of aryl methyl sites for hydroxylation is 3. The predicted octanol–water partition coefficient (Wildman–Crippen LogP) is 6.98. The number of rotatable bonds is 5. The molecular formula is C32H42N4O4. The van der Waals surface area contributed by atoms with Gasteiger partial charge in [-0.25, -0.2) is 4.98 Å². The zero-order valence-corrected chi connectivity index (χ0v) is 24.9. The van der Waals surface area contributed by atoms with Crippen molar-refractivity contribution in [1.29, 1.82) is 0 Å².